The molecule has 0 aliphatic heterocycles. The van der Waals surface area contributed by atoms with Gasteiger partial charge in [0.2, 0.25) is 10.0 Å². The smallest absolute Gasteiger partial charge is 0.257 e. The fourth-order valence-electron chi connectivity index (χ4n) is 2.35. The first-order chi connectivity index (χ1) is 12.7. The van der Waals surface area contributed by atoms with Crippen LogP contribution in [0.1, 0.15) is 41.0 Å². The highest BCUT2D eigenvalue weighted by atomic mass is 32.2. The quantitative estimate of drug-likeness (QED) is 0.677. The van der Waals surface area contributed by atoms with Crippen molar-refractivity contribution in [3.8, 4) is 0 Å². The number of carbonyl (C=O) groups is 2. The summed E-state index contributed by atoms with van der Waals surface area (Å²) in [5.41, 5.74) is 0.997. The number of nitrogens with one attached hydrogen (secondary N) is 3. The third-order valence-electron chi connectivity index (χ3n) is 3.88. The molecule has 7 nitrogen and oxygen atoms in total. The molecule has 1 atom stereocenters. The summed E-state index contributed by atoms with van der Waals surface area (Å²) < 4.78 is 25.3. The zero-order valence-corrected chi connectivity index (χ0v) is 16.3. The predicted molar refractivity (Wildman–Crippen MR) is 107 cm³/mol. The van der Waals surface area contributed by atoms with Gasteiger partial charge in [-0.25, -0.2) is 8.42 Å². The molecule has 3 N–H and O–H groups in total. The average Bonchev–Trinajstić information content (AvgIpc) is 2.61. The fraction of sp³-hybridized carbons (Fsp3) is 0.263. The van der Waals surface area contributed by atoms with Crippen LogP contribution >= 0.6 is 0 Å². The first kappa shape index (κ1) is 20.4. The maximum Gasteiger partial charge on any atom is 0.257 e. The standard InChI is InChI=1S/C19H23N3O4S/c1-4-13(2)20-18(23)14-9-5-7-11-16(14)21-19(24)15-10-6-8-12-17(15)22-27(3,25)26/h5-13,22H,4H2,1-3H3,(H,20,23)(H,21,24). The molecule has 2 aromatic carbocycles. The highest BCUT2D eigenvalue weighted by Crippen LogP contribution is 2.21. The Morgan fingerprint density at radius 1 is 0.926 bits per heavy atom. The molecular weight excluding hydrogens is 366 g/mol. The Balaban J connectivity index is 2.29. The maximum atomic E-state index is 12.7. The molecule has 1 unspecified atom stereocenters. The van der Waals surface area contributed by atoms with E-state index in [4.69, 9.17) is 0 Å². The van der Waals surface area contributed by atoms with Gasteiger partial charge in [0.05, 0.1) is 28.8 Å². The molecule has 0 saturated heterocycles. The number of para-hydroxylation sites is 2. The number of anilines is 2. The number of amides is 2. The third kappa shape index (κ3) is 5.82. The number of carbonyl (C=O) groups excluding carboxylic acids is 2. The van der Waals surface area contributed by atoms with E-state index in [2.05, 4.69) is 15.4 Å². The van der Waals surface area contributed by atoms with Gasteiger partial charge in [0, 0.05) is 6.04 Å². The normalized spacial score (nSPS) is 12.1. The summed E-state index contributed by atoms with van der Waals surface area (Å²) in [5.74, 6) is -0.812. The molecule has 0 aromatic heterocycles. The summed E-state index contributed by atoms with van der Waals surface area (Å²) in [6.45, 7) is 3.86. The van der Waals surface area contributed by atoms with Gasteiger partial charge in [0.1, 0.15) is 0 Å². The van der Waals surface area contributed by atoms with E-state index in [1.807, 2.05) is 13.8 Å². The highest BCUT2D eigenvalue weighted by Gasteiger charge is 2.18. The molecule has 2 rings (SSSR count). The van der Waals surface area contributed by atoms with Gasteiger partial charge in [-0.2, -0.15) is 0 Å². The second kappa shape index (κ2) is 8.68. The molecule has 0 aliphatic carbocycles. The van der Waals surface area contributed by atoms with E-state index in [9.17, 15) is 18.0 Å². The Morgan fingerprint density at radius 3 is 2.00 bits per heavy atom. The van der Waals surface area contributed by atoms with Gasteiger partial charge in [-0.15, -0.1) is 0 Å². The molecule has 0 radical (unpaired) electrons. The summed E-state index contributed by atoms with van der Waals surface area (Å²) in [6.07, 6.45) is 1.79. The molecule has 27 heavy (non-hydrogen) atoms. The van der Waals surface area contributed by atoms with Gasteiger partial charge >= 0.3 is 0 Å². The SMILES string of the molecule is CCC(C)NC(=O)c1ccccc1NC(=O)c1ccccc1NS(C)(=O)=O. The molecule has 0 spiro atoms. The Hall–Kier alpha value is -2.87. The van der Waals surface area contributed by atoms with Crippen LogP contribution in [-0.2, 0) is 10.0 Å². The van der Waals surface area contributed by atoms with Crippen molar-refractivity contribution in [1.29, 1.82) is 0 Å². The van der Waals surface area contributed by atoms with Crippen LogP contribution in [0.4, 0.5) is 11.4 Å². The number of hydrogen-bond acceptors (Lipinski definition) is 4. The molecule has 0 fully saturated rings. The number of rotatable bonds is 7. The zero-order valence-electron chi connectivity index (χ0n) is 15.4. The van der Waals surface area contributed by atoms with E-state index in [-0.39, 0.29) is 23.2 Å². The van der Waals surface area contributed by atoms with E-state index in [1.165, 1.54) is 12.1 Å². The van der Waals surface area contributed by atoms with Gasteiger partial charge in [0.25, 0.3) is 11.8 Å². The Kier molecular flexibility index (Phi) is 6.57. The maximum absolute atomic E-state index is 12.7. The summed E-state index contributed by atoms with van der Waals surface area (Å²) in [5, 5.41) is 5.55. The molecule has 144 valence electrons. The van der Waals surface area contributed by atoms with Gasteiger partial charge in [-0.3, -0.25) is 14.3 Å². The summed E-state index contributed by atoms with van der Waals surface area (Å²) in [6, 6.07) is 12.9. The molecule has 2 aromatic rings. The van der Waals surface area contributed by atoms with Crippen molar-refractivity contribution < 1.29 is 18.0 Å². The van der Waals surface area contributed by atoms with E-state index >= 15 is 0 Å². The van der Waals surface area contributed by atoms with Crippen molar-refractivity contribution in [3.63, 3.8) is 0 Å². The van der Waals surface area contributed by atoms with Crippen molar-refractivity contribution in [2.45, 2.75) is 26.3 Å². The second-order valence-electron chi connectivity index (χ2n) is 6.20. The van der Waals surface area contributed by atoms with Crippen LogP contribution in [0.3, 0.4) is 0 Å². The summed E-state index contributed by atoms with van der Waals surface area (Å²) in [7, 11) is -3.54. The summed E-state index contributed by atoms with van der Waals surface area (Å²) >= 11 is 0. The van der Waals surface area contributed by atoms with Crippen molar-refractivity contribution in [2.24, 2.45) is 0 Å². The predicted octanol–water partition coefficient (Wildman–Crippen LogP) is 2.84. The van der Waals surface area contributed by atoms with E-state index in [1.54, 1.807) is 36.4 Å². The highest BCUT2D eigenvalue weighted by molar-refractivity contribution is 7.92. The lowest BCUT2D eigenvalue weighted by molar-refractivity contribution is 0.0940. The van der Waals surface area contributed by atoms with Crippen LogP contribution < -0.4 is 15.4 Å². The fourth-order valence-corrected chi connectivity index (χ4v) is 2.93. The second-order valence-corrected chi connectivity index (χ2v) is 7.95. The van der Waals surface area contributed by atoms with Crippen molar-refractivity contribution in [1.82, 2.24) is 5.32 Å². The topological polar surface area (TPSA) is 104 Å². The van der Waals surface area contributed by atoms with E-state index in [0.717, 1.165) is 12.7 Å². The lowest BCUT2D eigenvalue weighted by atomic mass is 10.1. The first-order valence-corrected chi connectivity index (χ1v) is 10.4. The Bertz CT molecular complexity index is 941. The minimum Gasteiger partial charge on any atom is -0.350 e. The van der Waals surface area contributed by atoms with Crippen LogP contribution in [-0.4, -0.2) is 32.5 Å². The van der Waals surface area contributed by atoms with E-state index in [0.29, 0.717) is 11.3 Å². The lowest BCUT2D eigenvalue weighted by Crippen LogP contribution is -2.32. The molecule has 0 aliphatic rings. The largest absolute Gasteiger partial charge is 0.350 e. The molecule has 0 saturated carbocycles. The average molecular weight is 389 g/mol. The molecule has 2 amide bonds. The van der Waals surface area contributed by atoms with Crippen LogP contribution in [0.25, 0.3) is 0 Å². The van der Waals surface area contributed by atoms with Gasteiger partial charge in [0.15, 0.2) is 0 Å². The Labute approximate surface area is 159 Å². The Morgan fingerprint density at radius 2 is 1.44 bits per heavy atom. The van der Waals surface area contributed by atoms with Gasteiger partial charge < -0.3 is 10.6 Å². The van der Waals surface area contributed by atoms with Crippen molar-refractivity contribution in [2.75, 3.05) is 16.3 Å². The molecule has 0 heterocycles. The molecule has 8 heteroatoms. The minimum atomic E-state index is -3.54. The van der Waals surface area contributed by atoms with Gasteiger partial charge in [-0.05, 0) is 37.6 Å². The number of benzene rings is 2. The van der Waals surface area contributed by atoms with Crippen LogP contribution in [0, 0.1) is 0 Å². The van der Waals surface area contributed by atoms with Crippen LogP contribution in [0.5, 0.6) is 0 Å². The van der Waals surface area contributed by atoms with Gasteiger partial charge in [-0.1, -0.05) is 31.2 Å². The van der Waals surface area contributed by atoms with E-state index < -0.39 is 15.9 Å². The van der Waals surface area contributed by atoms with Crippen LogP contribution in [0.15, 0.2) is 48.5 Å². The molecule has 0 bridgehead atoms. The first-order valence-electron chi connectivity index (χ1n) is 8.49. The lowest BCUT2D eigenvalue weighted by Gasteiger charge is -2.15. The summed E-state index contributed by atoms with van der Waals surface area (Å²) in [4.78, 5) is 25.1. The van der Waals surface area contributed by atoms with Crippen LogP contribution in [0.2, 0.25) is 0 Å². The molecular formula is C19H23N3O4S. The minimum absolute atomic E-state index is 0.000874. The van der Waals surface area contributed by atoms with Crippen molar-refractivity contribution in [3.05, 3.63) is 59.7 Å². The zero-order chi connectivity index (χ0) is 20.0. The monoisotopic (exact) mass is 389 g/mol. The number of hydrogen-bond donors (Lipinski definition) is 3. The third-order valence-corrected chi connectivity index (χ3v) is 4.47. The number of sulfonamides is 1. The van der Waals surface area contributed by atoms with Crippen molar-refractivity contribution >= 4 is 33.2 Å².